The van der Waals surface area contributed by atoms with E-state index in [4.69, 9.17) is 0 Å². The first-order valence-corrected chi connectivity index (χ1v) is 7.98. The van der Waals surface area contributed by atoms with Crippen molar-refractivity contribution in [2.24, 2.45) is 5.92 Å². The van der Waals surface area contributed by atoms with Gasteiger partial charge in [-0.3, -0.25) is 4.90 Å². The van der Waals surface area contributed by atoms with Gasteiger partial charge in [0.25, 0.3) is 0 Å². The van der Waals surface area contributed by atoms with Crippen molar-refractivity contribution in [1.29, 1.82) is 0 Å². The van der Waals surface area contributed by atoms with Crippen LogP contribution in [0.2, 0.25) is 0 Å². The van der Waals surface area contributed by atoms with Crippen LogP contribution in [0.15, 0.2) is 0 Å². The molecule has 2 aliphatic carbocycles. The molecule has 5 nitrogen and oxygen atoms in total. The SMILES string of the molecule is CC(CNC(=O)NCC1CCCC(O)C1)N(C)C1CC1. The number of urea groups is 1. The molecule has 0 bridgehead atoms. The Kier molecular flexibility index (Phi) is 5.66. The lowest BCUT2D eigenvalue weighted by Crippen LogP contribution is -2.45. The minimum absolute atomic E-state index is 0.0823. The third-order valence-corrected chi connectivity index (χ3v) is 4.68. The molecular weight excluding hydrogens is 254 g/mol. The van der Waals surface area contributed by atoms with Crippen LogP contribution in [0, 0.1) is 5.92 Å². The topological polar surface area (TPSA) is 64.6 Å². The lowest BCUT2D eigenvalue weighted by Gasteiger charge is -2.27. The summed E-state index contributed by atoms with van der Waals surface area (Å²) in [6, 6.07) is 1.02. The number of rotatable bonds is 6. The molecule has 0 radical (unpaired) electrons. The maximum atomic E-state index is 11.8. The lowest BCUT2D eigenvalue weighted by molar-refractivity contribution is 0.101. The first-order valence-electron chi connectivity index (χ1n) is 7.98. The van der Waals surface area contributed by atoms with Crippen LogP contribution < -0.4 is 10.6 Å². The van der Waals surface area contributed by atoms with Crippen LogP contribution in [0.1, 0.15) is 45.4 Å². The molecule has 3 unspecified atom stereocenters. The molecule has 5 heteroatoms. The molecule has 0 spiro atoms. The van der Waals surface area contributed by atoms with Gasteiger partial charge in [0.15, 0.2) is 0 Å². The van der Waals surface area contributed by atoms with E-state index in [1.54, 1.807) is 0 Å². The van der Waals surface area contributed by atoms with Crippen LogP contribution in [0.25, 0.3) is 0 Å². The van der Waals surface area contributed by atoms with Crippen molar-refractivity contribution >= 4 is 6.03 Å². The van der Waals surface area contributed by atoms with Gasteiger partial charge in [0.1, 0.15) is 0 Å². The summed E-state index contributed by atoms with van der Waals surface area (Å²) in [7, 11) is 2.13. The molecule has 2 saturated carbocycles. The quantitative estimate of drug-likeness (QED) is 0.689. The molecule has 0 heterocycles. The van der Waals surface area contributed by atoms with E-state index in [1.165, 1.54) is 12.8 Å². The Morgan fingerprint density at radius 2 is 2.05 bits per heavy atom. The molecule has 0 aliphatic heterocycles. The fraction of sp³-hybridized carbons (Fsp3) is 0.933. The second-order valence-electron chi connectivity index (χ2n) is 6.52. The molecule has 3 atom stereocenters. The Morgan fingerprint density at radius 3 is 2.70 bits per heavy atom. The van der Waals surface area contributed by atoms with Crippen LogP contribution in [-0.4, -0.2) is 54.4 Å². The third kappa shape index (κ3) is 4.94. The van der Waals surface area contributed by atoms with Gasteiger partial charge in [0, 0.05) is 25.2 Å². The lowest BCUT2D eigenvalue weighted by atomic mass is 9.87. The highest BCUT2D eigenvalue weighted by atomic mass is 16.3. The van der Waals surface area contributed by atoms with Crippen LogP contribution in [-0.2, 0) is 0 Å². The summed E-state index contributed by atoms with van der Waals surface area (Å²) in [5.41, 5.74) is 0. The third-order valence-electron chi connectivity index (χ3n) is 4.68. The van der Waals surface area contributed by atoms with Crippen LogP contribution in [0.3, 0.4) is 0 Å². The van der Waals surface area contributed by atoms with E-state index < -0.39 is 0 Å². The van der Waals surface area contributed by atoms with Crippen LogP contribution in [0.5, 0.6) is 0 Å². The minimum atomic E-state index is -0.175. The van der Waals surface area contributed by atoms with Gasteiger partial charge in [-0.15, -0.1) is 0 Å². The monoisotopic (exact) mass is 283 g/mol. The van der Waals surface area contributed by atoms with Crippen molar-refractivity contribution < 1.29 is 9.90 Å². The molecule has 20 heavy (non-hydrogen) atoms. The Hall–Kier alpha value is -0.810. The van der Waals surface area contributed by atoms with Gasteiger partial charge in [-0.2, -0.15) is 0 Å². The average molecular weight is 283 g/mol. The second kappa shape index (κ2) is 7.27. The molecule has 3 N–H and O–H groups in total. The summed E-state index contributed by atoms with van der Waals surface area (Å²) >= 11 is 0. The summed E-state index contributed by atoms with van der Waals surface area (Å²) < 4.78 is 0. The Morgan fingerprint density at radius 1 is 1.30 bits per heavy atom. The summed E-state index contributed by atoms with van der Waals surface area (Å²) in [6.45, 7) is 3.51. The van der Waals surface area contributed by atoms with Gasteiger partial charge in [0.05, 0.1) is 6.10 Å². The number of hydrogen-bond acceptors (Lipinski definition) is 3. The van der Waals surface area contributed by atoms with Gasteiger partial charge < -0.3 is 15.7 Å². The smallest absolute Gasteiger partial charge is 0.314 e. The van der Waals surface area contributed by atoms with Gasteiger partial charge in [0.2, 0.25) is 0 Å². The standard InChI is InChI=1S/C15H29N3O2/c1-11(18(2)13-6-7-13)9-16-15(20)17-10-12-4-3-5-14(19)8-12/h11-14,19H,3-10H2,1-2H3,(H2,16,17,20). The molecule has 0 aromatic heterocycles. The summed E-state index contributed by atoms with van der Waals surface area (Å²) in [4.78, 5) is 14.1. The predicted molar refractivity (Wildman–Crippen MR) is 79.6 cm³/mol. The maximum Gasteiger partial charge on any atom is 0.314 e. The minimum Gasteiger partial charge on any atom is -0.393 e. The molecular formula is C15H29N3O2. The van der Waals surface area contributed by atoms with Crippen molar-refractivity contribution in [3.63, 3.8) is 0 Å². The zero-order valence-electron chi connectivity index (χ0n) is 12.8. The number of nitrogens with one attached hydrogen (secondary N) is 2. The number of amides is 2. The number of carbonyl (C=O) groups is 1. The Labute approximate surface area is 122 Å². The normalized spacial score (nSPS) is 28.2. The molecule has 2 amide bonds. The number of aliphatic hydroxyl groups is 1. The fourth-order valence-corrected chi connectivity index (χ4v) is 2.97. The van der Waals surface area contributed by atoms with E-state index in [9.17, 15) is 9.90 Å². The molecule has 2 rings (SSSR count). The van der Waals surface area contributed by atoms with E-state index >= 15 is 0 Å². The van der Waals surface area contributed by atoms with Crippen molar-refractivity contribution in [3.8, 4) is 0 Å². The van der Waals surface area contributed by atoms with E-state index in [-0.39, 0.29) is 12.1 Å². The van der Waals surface area contributed by atoms with Crippen molar-refractivity contribution in [1.82, 2.24) is 15.5 Å². The van der Waals surface area contributed by atoms with E-state index in [1.807, 2.05) is 0 Å². The average Bonchev–Trinajstić information content (AvgIpc) is 3.26. The summed E-state index contributed by atoms with van der Waals surface area (Å²) in [5, 5.41) is 15.5. The first kappa shape index (κ1) is 15.6. The molecule has 0 aromatic rings. The number of hydrogen-bond donors (Lipinski definition) is 3. The van der Waals surface area contributed by atoms with E-state index in [0.717, 1.165) is 31.7 Å². The van der Waals surface area contributed by atoms with Gasteiger partial charge >= 0.3 is 6.03 Å². The van der Waals surface area contributed by atoms with E-state index in [2.05, 4.69) is 29.5 Å². The van der Waals surface area contributed by atoms with Gasteiger partial charge in [-0.25, -0.2) is 4.79 Å². The van der Waals surface area contributed by atoms with Gasteiger partial charge in [-0.1, -0.05) is 6.42 Å². The second-order valence-corrected chi connectivity index (χ2v) is 6.52. The number of nitrogens with zero attached hydrogens (tertiary/aromatic N) is 1. The fourth-order valence-electron chi connectivity index (χ4n) is 2.97. The van der Waals surface area contributed by atoms with E-state index in [0.29, 0.717) is 25.0 Å². The number of carbonyl (C=O) groups excluding carboxylic acids is 1. The highest BCUT2D eigenvalue weighted by Crippen LogP contribution is 2.26. The molecule has 116 valence electrons. The molecule has 0 aromatic carbocycles. The number of likely N-dealkylation sites (N-methyl/N-ethyl adjacent to an activating group) is 1. The first-order chi connectivity index (χ1) is 9.56. The summed E-state index contributed by atoms with van der Waals surface area (Å²) in [6.07, 6.45) is 6.31. The number of aliphatic hydroxyl groups excluding tert-OH is 1. The Bertz CT molecular complexity index is 312. The molecule has 2 aliphatic rings. The van der Waals surface area contributed by atoms with Crippen molar-refractivity contribution in [3.05, 3.63) is 0 Å². The Balaban J connectivity index is 1.57. The summed E-state index contributed by atoms with van der Waals surface area (Å²) in [5.74, 6) is 0.427. The highest BCUT2D eigenvalue weighted by molar-refractivity contribution is 5.73. The predicted octanol–water partition coefficient (Wildman–Crippen LogP) is 1.32. The van der Waals surface area contributed by atoms with Crippen LogP contribution in [0.4, 0.5) is 4.79 Å². The molecule has 2 fully saturated rings. The molecule has 0 saturated heterocycles. The highest BCUT2D eigenvalue weighted by Gasteiger charge is 2.29. The van der Waals surface area contributed by atoms with Gasteiger partial charge in [-0.05, 0) is 52.0 Å². The van der Waals surface area contributed by atoms with Crippen molar-refractivity contribution in [2.45, 2.75) is 63.6 Å². The maximum absolute atomic E-state index is 11.8. The largest absolute Gasteiger partial charge is 0.393 e. The zero-order valence-corrected chi connectivity index (χ0v) is 12.8. The van der Waals surface area contributed by atoms with Crippen LogP contribution >= 0.6 is 0 Å². The zero-order chi connectivity index (χ0) is 14.5. The van der Waals surface area contributed by atoms with Crippen molar-refractivity contribution in [2.75, 3.05) is 20.1 Å².